The summed E-state index contributed by atoms with van der Waals surface area (Å²) in [5.41, 5.74) is 0.852. The average Bonchev–Trinajstić information content (AvgIpc) is 2.56. The quantitative estimate of drug-likeness (QED) is 0.732. The lowest BCUT2D eigenvalue weighted by Crippen LogP contribution is -2.39. The lowest BCUT2D eigenvalue weighted by molar-refractivity contribution is -0.121. The molecular weight excluding hydrogens is 350 g/mol. The molecule has 1 fully saturated rings. The molecule has 0 aromatic heterocycles. The molecule has 1 aromatic carbocycles. The molecule has 8 heteroatoms. The van der Waals surface area contributed by atoms with Crippen LogP contribution in [0.2, 0.25) is 5.02 Å². The van der Waals surface area contributed by atoms with Crippen LogP contribution < -0.4 is 10.1 Å². The highest BCUT2D eigenvalue weighted by Crippen LogP contribution is 2.24. The van der Waals surface area contributed by atoms with Crippen LogP contribution in [-0.2, 0) is 16.0 Å². The van der Waals surface area contributed by atoms with Crippen LogP contribution in [0.25, 0.3) is 0 Å². The molecule has 2 rings (SSSR count). The van der Waals surface area contributed by atoms with Crippen LogP contribution >= 0.6 is 11.6 Å². The van der Waals surface area contributed by atoms with Gasteiger partial charge in [0.05, 0.1) is 19.6 Å². The maximum atomic E-state index is 12.2. The number of ether oxygens (including phenoxy) is 2. The Kier molecular flexibility index (Phi) is 9.08. The van der Waals surface area contributed by atoms with Gasteiger partial charge in [-0.1, -0.05) is 17.7 Å². The zero-order valence-electron chi connectivity index (χ0n) is 14.3. The molecule has 1 aliphatic rings. The molecule has 0 spiro atoms. The summed E-state index contributed by atoms with van der Waals surface area (Å²) in [5.74, 6) is 0.678. The SMILES string of the molecule is COc1cc(Cl)ccc1CC(=O)NC1CCC(OC)CC1.O=C(O)O. The van der Waals surface area contributed by atoms with Crippen LogP contribution in [0.15, 0.2) is 18.2 Å². The van der Waals surface area contributed by atoms with E-state index in [1.165, 1.54) is 0 Å². The Morgan fingerprint density at radius 2 is 1.80 bits per heavy atom. The van der Waals surface area contributed by atoms with Crippen molar-refractivity contribution in [3.8, 4) is 5.75 Å². The number of benzene rings is 1. The number of halogens is 1. The van der Waals surface area contributed by atoms with Gasteiger partial charge in [-0.15, -0.1) is 0 Å². The third-order valence-corrected chi connectivity index (χ3v) is 4.21. The highest BCUT2D eigenvalue weighted by molar-refractivity contribution is 6.30. The molecule has 0 atom stereocenters. The number of carbonyl (C=O) groups is 2. The van der Waals surface area contributed by atoms with Gasteiger partial charge in [-0.3, -0.25) is 4.79 Å². The number of hydrogen-bond donors (Lipinski definition) is 3. The van der Waals surface area contributed by atoms with Crippen molar-refractivity contribution in [2.45, 2.75) is 44.2 Å². The molecule has 7 nitrogen and oxygen atoms in total. The van der Waals surface area contributed by atoms with E-state index in [9.17, 15) is 4.79 Å². The van der Waals surface area contributed by atoms with Crippen LogP contribution in [-0.4, -0.2) is 48.6 Å². The highest BCUT2D eigenvalue weighted by Gasteiger charge is 2.22. The van der Waals surface area contributed by atoms with Crippen molar-refractivity contribution in [2.75, 3.05) is 14.2 Å². The minimum atomic E-state index is -1.83. The molecule has 0 aliphatic heterocycles. The van der Waals surface area contributed by atoms with Gasteiger partial charge in [0.2, 0.25) is 5.91 Å². The largest absolute Gasteiger partial charge is 0.503 e. The van der Waals surface area contributed by atoms with E-state index >= 15 is 0 Å². The first-order valence-electron chi connectivity index (χ1n) is 7.92. The fraction of sp³-hybridized carbons (Fsp3) is 0.529. The van der Waals surface area contributed by atoms with Crippen LogP contribution in [0.4, 0.5) is 4.79 Å². The third-order valence-electron chi connectivity index (χ3n) is 3.97. The van der Waals surface area contributed by atoms with Crippen LogP contribution in [0.3, 0.4) is 0 Å². The first-order chi connectivity index (χ1) is 11.8. The fourth-order valence-electron chi connectivity index (χ4n) is 2.76. The average molecular weight is 374 g/mol. The molecule has 0 unspecified atom stereocenters. The number of methoxy groups -OCH3 is 2. The first kappa shape index (κ1) is 21.1. The van der Waals surface area contributed by atoms with Crippen molar-refractivity contribution in [2.24, 2.45) is 0 Å². The minimum absolute atomic E-state index is 0.0245. The van der Waals surface area contributed by atoms with Crippen molar-refractivity contribution < 1.29 is 29.3 Å². The molecule has 0 saturated heterocycles. The number of carbonyl (C=O) groups excluding carboxylic acids is 1. The molecule has 1 aliphatic carbocycles. The van der Waals surface area contributed by atoms with Gasteiger partial charge >= 0.3 is 6.16 Å². The Hall–Kier alpha value is -1.99. The van der Waals surface area contributed by atoms with Crippen molar-refractivity contribution in [3.63, 3.8) is 0 Å². The fourth-order valence-corrected chi connectivity index (χ4v) is 2.92. The van der Waals surface area contributed by atoms with E-state index in [0.717, 1.165) is 31.2 Å². The zero-order valence-corrected chi connectivity index (χ0v) is 15.1. The molecule has 140 valence electrons. The van der Waals surface area contributed by atoms with Crippen molar-refractivity contribution in [1.29, 1.82) is 0 Å². The molecule has 25 heavy (non-hydrogen) atoms. The maximum Gasteiger partial charge on any atom is 0.503 e. The number of rotatable bonds is 5. The summed E-state index contributed by atoms with van der Waals surface area (Å²) in [7, 11) is 3.33. The number of nitrogens with one attached hydrogen (secondary N) is 1. The highest BCUT2D eigenvalue weighted by atomic mass is 35.5. The number of carboxylic acid groups (broad SMARTS) is 2. The normalized spacial score (nSPS) is 19.3. The van der Waals surface area contributed by atoms with E-state index in [2.05, 4.69) is 5.32 Å². The topological polar surface area (TPSA) is 105 Å². The molecule has 0 bridgehead atoms. The standard InChI is InChI=1S/C16H22ClNO3.CH2O3/c1-20-14-7-5-13(6-8-14)18-16(19)9-11-3-4-12(17)10-15(11)21-2;2-1(3)4/h3-4,10,13-14H,5-9H2,1-2H3,(H,18,19);(H2,2,3,4). The molecular formula is C17H24ClNO6. The van der Waals surface area contributed by atoms with Gasteiger partial charge in [-0.2, -0.15) is 0 Å². The molecule has 0 heterocycles. The summed E-state index contributed by atoms with van der Waals surface area (Å²) in [6, 6.07) is 5.59. The number of hydrogen-bond acceptors (Lipinski definition) is 4. The summed E-state index contributed by atoms with van der Waals surface area (Å²) in [5, 5.41) is 17.6. The van der Waals surface area contributed by atoms with Gasteiger partial charge in [0.25, 0.3) is 0 Å². The van der Waals surface area contributed by atoms with E-state index in [1.807, 2.05) is 6.07 Å². The Balaban J connectivity index is 0.000000705. The smallest absolute Gasteiger partial charge is 0.496 e. The van der Waals surface area contributed by atoms with E-state index < -0.39 is 6.16 Å². The summed E-state index contributed by atoms with van der Waals surface area (Å²) < 4.78 is 10.6. The van der Waals surface area contributed by atoms with E-state index in [0.29, 0.717) is 23.3 Å². The van der Waals surface area contributed by atoms with Crippen LogP contribution in [0, 0.1) is 0 Å². The Labute approximate surface area is 151 Å². The zero-order chi connectivity index (χ0) is 18.8. The van der Waals surface area contributed by atoms with Crippen molar-refractivity contribution in [3.05, 3.63) is 28.8 Å². The Bertz CT molecular complexity index is 568. The van der Waals surface area contributed by atoms with Gasteiger partial charge in [-0.25, -0.2) is 4.79 Å². The van der Waals surface area contributed by atoms with E-state index in [4.69, 9.17) is 36.1 Å². The van der Waals surface area contributed by atoms with E-state index in [1.54, 1.807) is 26.4 Å². The predicted molar refractivity (Wildman–Crippen MR) is 93.6 cm³/mol. The summed E-state index contributed by atoms with van der Waals surface area (Å²) >= 11 is 5.92. The van der Waals surface area contributed by atoms with E-state index in [-0.39, 0.29) is 11.9 Å². The molecule has 1 saturated carbocycles. The summed E-state index contributed by atoms with van der Waals surface area (Å²) in [6.45, 7) is 0. The van der Waals surface area contributed by atoms with Crippen LogP contribution in [0.1, 0.15) is 31.2 Å². The van der Waals surface area contributed by atoms with Gasteiger partial charge in [0.1, 0.15) is 5.75 Å². The lowest BCUT2D eigenvalue weighted by Gasteiger charge is -2.28. The van der Waals surface area contributed by atoms with Crippen LogP contribution in [0.5, 0.6) is 5.75 Å². The van der Waals surface area contributed by atoms with Crippen molar-refractivity contribution >= 4 is 23.7 Å². The minimum Gasteiger partial charge on any atom is -0.496 e. The Morgan fingerprint density at radius 3 is 2.32 bits per heavy atom. The van der Waals surface area contributed by atoms with Gasteiger partial charge in [0.15, 0.2) is 0 Å². The lowest BCUT2D eigenvalue weighted by atomic mass is 9.93. The molecule has 0 radical (unpaired) electrons. The Morgan fingerprint density at radius 1 is 1.20 bits per heavy atom. The summed E-state index contributed by atoms with van der Waals surface area (Å²) in [4.78, 5) is 20.7. The van der Waals surface area contributed by atoms with Gasteiger partial charge in [-0.05, 0) is 37.8 Å². The molecule has 3 N–H and O–H groups in total. The maximum absolute atomic E-state index is 12.2. The third kappa shape index (κ3) is 8.09. The van der Waals surface area contributed by atoms with Gasteiger partial charge in [0, 0.05) is 23.7 Å². The monoisotopic (exact) mass is 373 g/mol. The predicted octanol–water partition coefficient (Wildman–Crippen LogP) is 3.19. The molecule has 1 aromatic rings. The second kappa shape index (κ2) is 10.8. The van der Waals surface area contributed by atoms with Crippen molar-refractivity contribution in [1.82, 2.24) is 5.32 Å². The second-order valence-electron chi connectivity index (χ2n) is 5.69. The van der Waals surface area contributed by atoms with Gasteiger partial charge < -0.3 is 25.0 Å². The number of amides is 1. The molecule has 1 amide bonds. The second-order valence-corrected chi connectivity index (χ2v) is 6.13. The summed E-state index contributed by atoms with van der Waals surface area (Å²) in [6.07, 6.45) is 2.78. The first-order valence-corrected chi connectivity index (χ1v) is 8.30.